The lowest BCUT2D eigenvalue weighted by Crippen LogP contribution is -2.44. The lowest BCUT2D eigenvalue weighted by atomic mass is 9.78. The number of carboxylic acids is 1. The number of halogens is 1. The number of carbonyl (C=O) groups excluding carboxylic acids is 1. The molecule has 0 bridgehead atoms. The van der Waals surface area contributed by atoms with E-state index in [4.69, 9.17) is 26.2 Å². The highest BCUT2D eigenvalue weighted by molar-refractivity contribution is 6.29. The second-order valence-corrected chi connectivity index (χ2v) is 11.8. The maximum Gasteiger partial charge on any atom is 0.305 e. The zero-order valence-electron chi connectivity index (χ0n) is 24.1. The first-order valence-electron chi connectivity index (χ1n) is 14.7. The summed E-state index contributed by atoms with van der Waals surface area (Å²) in [5.74, 6) is 1.19. The molecule has 1 aromatic heterocycles. The number of carbonyl (C=O) groups is 2. The Morgan fingerprint density at radius 1 is 1.12 bits per heavy atom. The van der Waals surface area contributed by atoms with Crippen LogP contribution in [0, 0.1) is 5.92 Å². The van der Waals surface area contributed by atoms with Crippen LogP contribution in [0.5, 0.6) is 11.5 Å². The largest absolute Gasteiger partial charge is 0.489 e. The summed E-state index contributed by atoms with van der Waals surface area (Å²) < 4.78 is 12.7. The molecule has 2 aromatic carbocycles. The van der Waals surface area contributed by atoms with Crippen molar-refractivity contribution in [1.29, 1.82) is 0 Å². The molecule has 0 radical (unpaired) electrons. The average molecular weight is 592 g/mol. The summed E-state index contributed by atoms with van der Waals surface area (Å²) in [7, 11) is 1.62. The number of hydrogen-bond donors (Lipinski definition) is 2. The predicted molar refractivity (Wildman–Crippen MR) is 162 cm³/mol. The second-order valence-electron chi connectivity index (χ2n) is 11.4. The molecule has 1 aliphatic carbocycles. The van der Waals surface area contributed by atoms with Crippen molar-refractivity contribution in [1.82, 2.24) is 9.88 Å². The van der Waals surface area contributed by atoms with E-state index in [-0.39, 0.29) is 36.9 Å². The van der Waals surface area contributed by atoms with Crippen LogP contribution < -0.4 is 14.8 Å². The molecule has 2 N–H and O–H groups in total. The van der Waals surface area contributed by atoms with Crippen LogP contribution in [0.1, 0.15) is 72.9 Å². The van der Waals surface area contributed by atoms with E-state index in [1.165, 1.54) is 24.2 Å². The van der Waals surface area contributed by atoms with Crippen LogP contribution >= 0.6 is 11.6 Å². The van der Waals surface area contributed by atoms with Crippen molar-refractivity contribution in [3.8, 4) is 11.5 Å². The Morgan fingerprint density at radius 2 is 1.88 bits per heavy atom. The molecule has 0 spiro atoms. The highest BCUT2D eigenvalue weighted by Gasteiger charge is 2.41. The predicted octanol–water partition coefficient (Wildman–Crippen LogP) is 6.79. The van der Waals surface area contributed by atoms with Gasteiger partial charge in [0.2, 0.25) is 0 Å². The molecule has 8 nitrogen and oxygen atoms in total. The molecule has 3 unspecified atom stereocenters. The van der Waals surface area contributed by atoms with Gasteiger partial charge in [-0.25, -0.2) is 4.98 Å². The average Bonchev–Trinajstić information content (AvgIpc) is 3.33. The van der Waals surface area contributed by atoms with Crippen LogP contribution in [-0.4, -0.2) is 52.6 Å². The Bertz CT molecular complexity index is 1380. The Hall–Kier alpha value is -3.78. The molecule has 1 aliphatic heterocycles. The Labute approximate surface area is 252 Å². The third-order valence-electron chi connectivity index (χ3n) is 8.41. The monoisotopic (exact) mass is 591 g/mol. The lowest BCUT2D eigenvalue weighted by Gasteiger charge is -2.36. The fraction of sp³-hybridized carbons (Fsp3) is 0.424. The van der Waals surface area contributed by atoms with Crippen molar-refractivity contribution in [2.45, 2.75) is 70.1 Å². The number of rotatable bonds is 11. The Morgan fingerprint density at radius 3 is 2.57 bits per heavy atom. The minimum Gasteiger partial charge on any atom is -0.489 e. The van der Waals surface area contributed by atoms with Crippen LogP contribution in [0.4, 0.5) is 5.69 Å². The smallest absolute Gasteiger partial charge is 0.305 e. The van der Waals surface area contributed by atoms with Gasteiger partial charge in [0.1, 0.15) is 29.4 Å². The molecule has 2 heterocycles. The van der Waals surface area contributed by atoms with Gasteiger partial charge in [0.25, 0.3) is 5.91 Å². The molecule has 42 heavy (non-hydrogen) atoms. The minimum absolute atomic E-state index is 0.0534. The van der Waals surface area contributed by atoms with E-state index in [9.17, 15) is 9.59 Å². The summed E-state index contributed by atoms with van der Waals surface area (Å²) in [5.41, 5.74) is 3.55. The number of ether oxygens (including phenoxy) is 2. The van der Waals surface area contributed by atoms with Crippen molar-refractivity contribution in [2.24, 2.45) is 5.92 Å². The van der Waals surface area contributed by atoms with Crippen LogP contribution in [0.2, 0.25) is 5.15 Å². The number of aromatic nitrogens is 1. The fourth-order valence-corrected chi connectivity index (χ4v) is 6.11. The van der Waals surface area contributed by atoms with Crippen molar-refractivity contribution >= 4 is 29.2 Å². The minimum atomic E-state index is -0.923. The van der Waals surface area contributed by atoms with Gasteiger partial charge in [-0.05, 0) is 67.3 Å². The summed E-state index contributed by atoms with van der Waals surface area (Å²) in [6, 6.07) is 17.3. The van der Waals surface area contributed by atoms with E-state index in [0.29, 0.717) is 23.2 Å². The van der Waals surface area contributed by atoms with Crippen molar-refractivity contribution in [3.05, 3.63) is 82.6 Å². The van der Waals surface area contributed by atoms with E-state index in [1.807, 2.05) is 30.3 Å². The third-order valence-corrected chi connectivity index (χ3v) is 8.63. The van der Waals surface area contributed by atoms with Gasteiger partial charge >= 0.3 is 5.97 Å². The fourth-order valence-electron chi connectivity index (χ4n) is 6.00. The van der Waals surface area contributed by atoms with Crippen molar-refractivity contribution in [3.63, 3.8) is 0 Å². The molecule has 9 heteroatoms. The highest BCUT2D eigenvalue weighted by Crippen LogP contribution is 2.44. The second kappa shape index (κ2) is 13.5. The summed E-state index contributed by atoms with van der Waals surface area (Å²) in [6.45, 7) is 2.79. The van der Waals surface area contributed by atoms with Gasteiger partial charge in [-0.15, -0.1) is 0 Å². The number of carboxylic acid groups (broad SMARTS) is 1. The molecule has 0 saturated heterocycles. The quantitative estimate of drug-likeness (QED) is 0.237. The number of pyridine rings is 1. The van der Waals surface area contributed by atoms with Crippen molar-refractivity contribution in [2.75, 3.05) is 18.9 Å². The van der Waals surface area contributed by atoms with Gasteiger partial charge in [-0.2, -0.15) is 0 Å². The first-order valence-corrected chi connectivity index (χ1v) is 15.0. The highest BCUT2D eigenvalue weighted by atomic mass is 35.5. The van der Waals surface area contributed by atoms with E-state index in [2.05, 4.69) is 23.3 Å². The first kappa shape index (κ1) is 29.7. The first-order chi connectivity index (χ1) is 20.3. The lowest BCUT2D eigenvalue weighted by molar-refractivity contribution is -0.137. The molecular formula is C33H38ClN3O5. The maximum atomic E-state index is 12.8. The number of fused-ring (bicyclic) bond motifs is 1. The van der Waals surface area contributed by atoms with E-state index < -0.39 is 5.97 Å². The van der Waals surface area contributed by atoms with E-state index >= 15 is 0 Å². The molecule has 222 valence electrons. The SMILES string of the molecule is CC1c2cc(OCc3ccc(Cl)nc3)ccc2OC1C(Nc1ccc(C(=O)N(C)CCC(=O)O)cc1)C1CCCCC1. The van der Waals surface area contributed by atoms with E-state index in [0.717, 1.165) is 41.2 Å². The number of anilines is 1. The number of amides is 1. The van der Waals surface area contributed by atoms with Gasteiger partial charge in [0, 0.05) is 48.1 Å². The third kappa shape index (κ3) is 7.16. The molecule has 2 aliphatic rings. The summed E-state index contributed by atoms with van der Waals surface area (Å²) in [4.78, 5) is 29.2. The van der Waals surface area contributed by atoms with Crippen LogP contribution in [0.15, 0.2) is 60.8 Å². The standard InChI is InChI=1S/C33H38ClN3O5/c1-21-27-18-26(41-20-22-8-15-29(34)35-19-22)13-14-28(27)42-32(21)31(23-6-4-3-5-7-23)36-25-11-9-24(10-12-25)33(40)37(2)17-16-30(38)39/h8-15,18-19,21,23,31-32,36H,3-7,16-17,20H2,1-2H3,(H,38,39). The topological polar surface area (TPSA) is 101 Å². The molecule has 1 saturated carbocycles. The van der Waals surface area contributed by atoms with Crippen molar-refractivity contribution < 1.29 is 24.2 Å². The zero-order chi connectivity index (χ0) is 29.6. The molecule has 3 atom stereocenters. The van der Waals surface area contributed by atoms with Gasteiger partial charge in [0.05, 0.1) is 12.5 Å². The Balaban J connectivity index is 1.29. The Kier molecular flexibility index (Phi) is 9.52. The molecule has 3 aromatic rings. The normalized spacial score (nSPS) is 18.9. The van der Waals surface area contributed by atoms with Crippen LogP contribution in [0.25, 0.3) is 0 Å². The molecule has 5 rings (SSSR count). The number of hydrogen-bond acceptors (Lipinski definition) is 6. The summed E-state index contributed by atoms with van der Waals surface area (Å²) in [5, 5.41) is 13.2. The van der Waals surface area contributed by atoms with Crippen LogP contribution in [0.3, 0.4) is 0 Å². The van der Waals surface area contributed by atoms with Gasteiger partial charge in [0.15, 0.2) is 0 Å². The summed E-state index contributed by atoms with van der Waals surface area (Å²) >= 11 is 5.90. The molecule has 1 fully saturated rings. The zero-order valence-corrected chi connectivity index (χ0v) is 24.8. The number of nitrogens with one attached hydrogen (secondary N) is 1. The number of benzene rings is 2. The maximum absolute atomic E-state index is 12.8. The summed E-state index contributed by atoms with van der Waals surface area (Å²) in [6.07, 6.45) is 7.57. The van der Waals surface area contributed by atoms with E-state index in [1.54, 1.807) is 31.4 Å². The van der Waals surface area contributed by atoms with Crippen LogP contribution in [-0.2, 0) is 11.4 Å². The van der Waals surface area contributed by atoms with Gasteiger partial charge < -0.3 is 24.8 Å². The van der Waals surface area contributed by atoms with Gasteiger partial charge in [-0.3, -0.25) is 9.59 Å². The number of aliphatic carboxylic acids is 1. The molecule has 1 amide bonds. The van der Waals surface area contributed by atoms with Gasteiger partial charge in [-0.1, -0.05) is 43.9 Å². The number of nitrogens with zero attached hydrogens (tertiary/aromatic N) is 2. The molecular weight excluding hydrogens is 554 g/mol.